The van der Waals surface area contributed by atoms with Crippen LogP contribution >= 0.6 is 0 Å². The Morgan fingerprint density at radius 3 is 1.85 bits per heavy atom. The lowest BCUT2D eigenvalue weighted by Crippen LogP contribution is -2.44. The highest BCUT2D eigenvalue weighted by molar-refractivity contribution is 4.74. The zero-order valence-electron chi connectivity index (χ0n) is 19.8. The van der Waals surface area contributed by atoms with E-state index in [2.05, 4.69) is 42.5 Å². The van der Waals surface area contributed by atoms with Crippen LogP contribution in [0.1, 0.15) is 67.7 Å². The topological polar surface area (TPSA) is 39.2 Å². The molecule has 0 bridgehead atoms. The van der Waals surface area contributed by atoms with E-state index >= 15 is 0 Å². The average Bonchev–Trinajstić information content (AvgIpc) is 2.72. The molecule has 2 saturated heterocycles. The Bertz CT molecular complexity index is 272. The number of hydrogen-bond donors (Lipinski definition) is 1. The number of rotatable bonds is 6. The summed E-state index contributed by atoms with van der Waals surface area (Å²) in [5.41, 5.74) is 0. The maximum Gasteiger partial charge on any atom is 0.0599 e. The normalized spacial score (nSPS) is 19.3. The van der Waals surface area contributed by atoms with Crippen LogP contribution in [-0.2, 0) is 4.74 Å². The van der Waals surface area contributed by atoms with Gasteiger partial charge in [-0.25, -0.2) is 0 Å². The SMILES string of the molecule is CC.CC.CCOC1CCN(C(C)C)CC1.CN1CCN(CCCO)CC1. The minimum absolute atomic E-state index is 0.326. The second-order valence-corrected chi connectivity index (χ2v) is 7.01. The molecule has 2 rings (SSSR count). The van der Waals surface area contributed by atoms with E-state index in [1.165, 1.54) is 39.0 Å². The summed E-state index contributed by atoms with van der Waals surface area (Å²) in [6, 6.07) is 0.701. The molecule has 2 heterocycles. The Balaban J connectivity index is 0. The number of piperidine rings is 1. The molecular formula is C22H51N3O2. The lowest BCUT2D eigenvalue weighted by molar-refractivity contribution is 0.00760. The molecule has 5 heteroatoms. The van der Waals surface area contributed by atoms with E-state index in [1.54, 1.807) is 0 Å². The van der Waals surface area contributed by atoms with Crippen LogP contribution in [0.15, 0.2) is 0 Å². The van der Waals surface area contributed by atoms with Crippen molar-refractivity contribution in [3.8, 4) is 0 Å². The fourth-order valence-electron chi connectivity index (χ4n) is 3.16. The Hall–Kier alpha value is -0.200. The average molecular weight is 390 g/mol. The van der Waals surface area contributed by atoms with Gasteiger partial charge in [0.2, 0.25) is 0 Å². The molecule has 2 aliphatic rings. The molecular weight excluding hydrogens is 338 g/mol. The van der Waals surface area contributed by atoms with Crippen LogP contribution in [0.3, 0.4) is 0 Å². The van der Waals surface area contributed by atoms with E-state index in [0.717, 1.165) is 32.7 Å². The molecule has 2 aliphatic heterocycles. The number of piperazine rings is 1. The Morgan fingerprint density at radius 2 is 1.44 bits per heavy atom. The van der Waals surface area contributed by atoms with Crippen LogP contribution in [0, 0.1) is 0 Å². The minimum atomic E-state index is 0.326. The molecule has 1 N–H and O–H groups in total. The highest BCUT2D eigenvalue weighted by Crippen LogP contribution is 2.15. The number of aliphatic hydroxyl groups excluding tert-OH is 1. The number of nitrogens with zero attached hydrogens (tertiary/aromatic N) is 3. The largest absolute Gasteiger partial charge is 0.396 e. The molecule has 0 aromatic carbocycles. The van der Waals surface area contributed by atoms with Crippen molar-refractivity contribution in [3.05, 3.63) is 0 Å². The van der Waals surface area contributed by atoms with Gasteiger partial charge in [-0.3, -0.25) is 0 Å². The molecule has 0 spiro atoms. The van der Waals surface area contributed by atoms with Crippen LogP contribution in [0.2, 0.25) is 0 Å². The summed E-state index contributed by atoms with van der Waals surface area (Å²) in [5.74, 6) is 0. The van der Waals surface area contributed by atoms with Crippen LogP contribution < -0.4 is 0 Å². The first-order chi connectivity index (χ1) is 13.1. The van der Waals surface area contributed by atoms with E-state index in [0.29, 0.717) is 18.8 Å². The summed E-state index contributed by atoms with van der Waals surface area (Å²) in [6.07, 6.45) is 3.88. The van der Waals surface area contributed by atoms with Crippen molar-refractivity contribution in [1.82, 2.24) is 14.7 Å². The summed E-state index contributed by atoms with van der Waals surface area (Å²) < 4.78 is 5.58. The molecule has 0 amide bonds. The predicted molar refractivity (Wildman–Crippen MR) is 120 cm³/mol. The molecule has 0 atom stereocenters. The Labute approximate surface area is 171 Å². The third-order valence-electron chi connectivity index (χ3n) is 4.84. The smallest absolute Gasteiger partial charge is 0.0599 e. The first-order valence-electron chi connectivity index (χ1n) is 11.4. The number of aliphatic hydroxyl groups is 1. The summed E-state index contributed by atoms with van der Waals surface area (Å²) in [7, 11) is 2.16. The first kappa shape index (κ1) is 29.0. The van der Waals surface area contributed by atoms with E-state index in [1.807, 2.05) is 27.7 Å². The molecule has 0 aromatic rings. The fourth-order valence-corrected chi connectivity index (χ4v) is 3.16. The van der Waals surface area contributed by atoms with Gasteiger partial charge in [0.25, 0.3) is 0 Å². The zero-order chi connectivity index (χ0) is 21.1. The summed E-state index contributed by atoms with van der Waals surface area (Å²) in [6.45, 7) is 24.0. The number of likely N-dealkylation sites (N-methyl/N-ethyl adjacent to an activating group) is 1. The molecule has 0 aromatic heterocycles. The summed E-state index contributed by atoms with van der Waals surface area (Å²) in [4.78, 5) is 7.28. The lowest BCUT2D eigenvalue weighted by atomic mass is 10.1. The van der Waals surface area contributed by atoms with Gasteiger partial charge in [0.1, 0.15) is 0 Å². The third kappa shape index (κ3) is 15.4. The van der Waals surface area contributed by atoms with Crippen LogP contribution in [0.25, 0.3) is 0 Å². The van der Waals surface area contributed by atoms with Gasteiger partial charge in [-0.2, -0.15) is 0 Å². The van der Waals surface area contributed by atoms with E-state index < -0.39 is 0 Å². The van der Waals surface area contributed by atoms with Gasteiger partial charge in [0.05, 0.1) is 6.10 Å². The maximum atomic E-state index is 8.61. The molecule has 0 unspecified atom stereocenters. The van der Waals surface area contributed by atoms with Gasteiger partial charge < -0.3 is 24.5 Å². The minimum Gasteiger partial charge on any atom is -0.396 e. The summed E-state index contributed by atoms with van der Waals surface area (Å²) in [5, 5.41) is 8.61. The van der Waals surface area contributed by atoms with Gasteiger partial charge in [-0.15, -0.1) is 0 Å². The van der Waals surface area contributed by atoms with Crippen LogP contribution in [0.4, 0.5) is 0 Å². The van der Waals surface area contributed by atoms with Gasteiger partial charge in [-0.1, -0.05) is 27.7 Å². The number of hydrogen-bond acceptors (Lipinski definition) is 5. The molecule has 5 nitrogen and oxygen atoms in total. The van der Waals surface area contributed by atoms with Crippen molar-refractivity contribution in [3.63, 3.8) is 0 Å². The van der Waals surface area contributed by atoms with E-state index in [9.17, 15) is 0 Å². The molecule has 166 valence electrons. The van der Waals surface area contributed by atoms with Crippen molar-refractivity contribution in [2.24, 2.45) is 0 Å². The highest BCUT2D eigenvalue weighted by atomic mass is 16.5. The molecule has 2 fully saturated rings. The van der Waals surface area contributed by atoms with Crippen molar-refractivity contribution in [2.75, 3.05) is 66.1 Å². The van der Waals surface area contributed by atoms with Gasteiger partial charge in [0, 0.05) is 65.1 Å². The second-order valence-electron chi connectivity index (χ2n) is 7.01. The second kappa shape index (κ2) is 20.5. The van der Waals surface area contributed by atoms with Crippen molar-refractivity contribution in [2.45, 2.75) is 79.9 Å². The van der Waals surface area contributed by atoms with E-state index in [4.69, 9.17) is 9.84 Å². The van der Waals surface area contributed by atoms with Crippen LogP contribution in [-0.4, -0.2) is 98.0 Å². The molecule has 0 saturated carbocycles. The Kier molecular flexibility index (Phi) is 22.1. The number of ether oxygens (including phenoxy) is 1. The fraction of sp³-hybridized carbons (Fsp3) is 1.00. The predicted octanol–water partition coefficient (Wildman–Crippen LogP) is 3.56. The molecule has 27 heavy (non-hydrogen) atoms. The van der Waals surface area contributed by atoms with Gasteiger partial charge >= 0.3 is 0 Å². The molecule has 0 aliphatic carbocycles. The van der Waals surface area contributed by atoms with E-state index in [-0.39, 0.29) is 0 Å². The zero-order valence-corrected chi connectivity index (χ0v) is 19.8. The number of likely N-dealkylation sites (tertiary alicyclic amines) is 1. The lowest BCUT2D eigenvalue weighted by Gasteiger charge is -2.34. The first-order valence-corrected chi connectivity index (χ1v) is 11.4. The van der Waals surface area contributed by atoms with Gasteiger partial charge in [-0.05, 0) is 47.1 Å². The van der Waals surface area contributed by atoms with Crippen molar-refractivity contribution >= 4 is 0 Å². The Morgan fingerprint density at radius 1 is 0.926 bits per heavy atom. The summed E-state index contributed by atoms with van der Waals surface area (Å²) >= 11 is 0. The highest BCUT2D eigenvalue weighted by Gasteiger charge is 2.20. The maximum absolute atomic E-state index is 8.61. The molecule has 0 radical (unpaired) electrons. The quantitative estimate of drug-likeness (QED) is 0.752. The standard InChI is InChI=1S/C10H21NO.C8H18N2O.2C2H6/c1-4-12-10-5-7-11(8-6-10)9(2)3;1-9-4-6-10(7-5-9)3-2-8-11;2*1-2/h9-10H,4-8H2,1-3H3;11H,2-8H2,1H3;2*1-2H3. The monoisotopic (exact) mass is 389 g/mol. The van der Waals surface area contributed by atoms with Crippen molar-refractivity contribution in [1.29, 1.82) is 0 Å². The van der Waals surface area contributed by atoms with Crippen LogP contribution in [0.5, 0.6) is 0 Å². The van der Waals surface area contributed by atoms with Gasteiger partial charge in [0.15, 0.2) is 0 Å². The third-order valence-corrected chi connectivity index (χ3v) is 4.84. The van der Waals surface area contributed by atoms with Crippen molar-refractivity contribution < 1.29 is 9.84 Å².